The molecule has 10 heteroatoms. The van der Waals surface area contributed by atoms with Gasteiger partial charge in [-0.3, -0.25) is 9.52 Å². The van der Waals surface area contributed by atoms with E-state index in [1.165, 1.54) is 12.1 Å². The molecule has 0 unspecified atom stereocenters. The van der Waals surface area contributed by atoms with Crippen molar-refractivity contribution in [1.29, 1.82) is 0 Å². The summed E-state index contributed by atoms with van der Waals surface area (Å²) in [6.07, 6.45) is 0.0504. The van der Waals surface area contributed by atoms with E-state index in [4.69, 9.17) is 4.74 Å². The van der Waals surface area contributed by atoms with Gasteiger partial charge in [-0.15, -0.1) is 11.3 Å². The zero-order valence-electron chi connectivity index (χ0n) is 16.7. The van der Waals surface area contributed by atoms with Crippen molar-refractivity contribution in [3.8, 4) is 0 Å². The molecule has 3 aromatic rings. The standard InChI is InChI=1S/C21H22N4O4S2/c26-20(22-16-6-8-18(9-7-16)25-10-12-29-13-11-25)14-17-15-30-21(23-17)24-31(27,28)19-4-2-1-3-5-19/h1-9,15H,10-14H2,(H,22,26)(H,23,24). The van der Waals surface area contributed by atoms with Crippen molar-refractivity contribution in [2.24, 2.45) is 0 Å². The van der Waals surface area contributed by atoms with Crippen molar-refractivity contribution in [2.75, 3.05) is 41.2 Å². The Morgan fingerprint density at radius 3 is 2.48 bits per heavy atom. The Morgan fingerprint density at radius 2 is 1.77 bits per heavy atom. The number of rotatable bonds is 7. The van der Waals surface area contributed by atoms with Crippen LogP contribution in [0.15, 0.2) is 64.9 Å². The number of sulfonamides is 1. The van der Waals surface area contributed by atoms with Gasteiger partial charge in [0.2, 0.25) is 5.91 Å². The van der Waals surface area contributed by atoms with Gasteiger partial charge < -0.3 is 15.0 Å². The van der Waals surface area contributed by atoms with Crippen LogP contribution < -0.4 is 14.9 Å². The fourth-order valence-corrected chi connectivity index (χ4v) is 5.14. The Kier molecular flexibility index (Phi) is 6.50. The van der Waals surface area contributed by atoms with Crippen LogP contribution in [0.3, 0.4) is 0 Å². The van der Waals surface area contributed by atoms with Crippen LogP contribution in [0.25, 0.3) is 0 Å². The minimum absolute atomic E-state index is 0.0504. The first-order chi connectivity index (χ1) is 15.0. The topological polar surface area (TPSA) is 101 Å². The van der Waals surface area contributed by atoms with E-state index in [0.29, 0.717) is 11.4 Å². The van der Waals surface area contributed by atoms with Crippen LogP contribution in [0.5, 0.6) is 0 Å². The molecule has 2 N–H and O–H groups in total. The molecule has 1 saturated heterocycles. The molecule has 0 aliphatic carbocycles. The predicted octanol–water partition coefficient (Wildman–Crippen LogP) is 2.96. The van der Waals surface area contributed by atoms with Crippen molar-refractivity contribution in [3.63, 3.8) is 0 Å². The molecule has 0 atom stereocenters. The smallest absolute Gasteiger partial charge is 0.263 e. The summed E-state index contributed by atoms with van der Waals surface area (Å²) in [6.45, 7) is 3.14. The lowest BCUT2D eigenvalue weighted by atomic mass is 10.2. The van der Waals surface area contributed by atoms with Gasteiger partial charge >= 0.3 is 0 Å². The van der Waals surface area contributed by atoms with Gasteiger partial charge in [-0.1, -0.05) is 18.2 Å². The fourth-order valence-electron chi connectivity index (χ4n) is 3.16. The van der Waals surface area contributed by atoms with E-state index in [9.17, 15) is 13.2 Å². The molecule has 0 bridgehead atoms. The van der Waals surface area contributed by atoms with E-state index in [0.717, 1.165) is 43.3 Å². The largest absolute Gasteiger partial charge is 0.378 e. The fraction of sp³-hybridized carbons (Fsp3) is 0.238. The first kappa shape index (κ1) is 21.3. The van der Waals surface area contributed by atoms with E-state index in [-0.39, 0.29) is 22.4 Å². The van der Waals surface area contributed by atoms with Crippen LogP contribution in [0.1, 0.15) is 5.69 Å². The molecule has 0 spiro atoms. The number of benzene rings is 2. The Morgan fingerprint density at radius 1 is 1.06 bits per heavy atom. The highest BCUT2D eigenvalue weighted by atomic mass is 32.2. The third-order valence-corrected chi connectivity index (χ3v) is 6.99. The van der Waals surface area contributed by atoms with Gasteiger partial charge in [0, 0.05) is 29.8 Å². The van der Waals surface area contributed by atoms with Crippen LogP contribution >= 0.6 is 11.3 Å². The number of thiazole rings is 1. The van der Waals surface area contributed by atoms with Crippen LogP contribution in [-0.2, 0) is 26.0 Å². The zero-order chi connectivity index (χ0) is 21.7. The molecule has 1 amide bonds. The van der Waals surface area contributed by atoms with Crippen molar-refractivity contribution in [1.82, 2.24) is 4.98 Å². The van der Waals surface area contributed by atoms with Crippen molar-refractivity contribution in [3.05, 3.63) is 65.7 Å². The van der Waals surface area contributed by atoms with Crippen LogP contribution in [0, 0.1) is 0 Å². The summed E-state index contributed by atoms with van der Waals surface area (Å²) in [5, 5.41) is 4.74. The second-order valence-corrected chi connectivity index (χ2v) is 9.47. The summed E-state index contributed by atoms with van der Waals surface area (Å²) in [4.78, 5) is 19.0. The summed E-state index contributed by atoms with van der Waals surface area (Å²) in [6, 6.07) is 15.7. The maximum Gasteiger partial charge on any atom is 0.263 e. The van der Waals surface area contributed by atoms with Crippen molar-refractivity contribution in [2.45, 2.75) is 11.3 Å². The number of anilines is 3. The number of nitrogens with zero attached hydrogens (tertiary/aromatic N) is 2. The van der Waals surface area contributed by atoms with E-state index in [1.807, 2.05) is 24.3 Å². The summed E-state index contributed by atoms with van der Waals surface area (Å²) in [7, 11) is -3.70. The highest BCUT2D eigenvalue weighted by Gasteiger charge is 2.17. The molecular formula is C21H22N4O4S2. The molecule has 0 saturated carbocycles. The van der Waals surface area contributed by atoms with Gasteiger partial charge in [0.1, 0.15) is 0 Å². The lowest BCUT2D eigenvalue weighted by molar-refractivity contribution is -0.115. The molecule has 2 aromatic carbocycles. The molecule has 1 fully saturated rings. The molecule has 162 valence electrons. The average Bonchev–Trinajstić information content (AvgIpc) is 3.21. The average molecular weight is 459 g/mol. The second-order valence-electron chi connectivity index (χ2n) is 6.93. The number of nitrogens with one attached hydrogen (secondary N) is 2. The molecule has 4 rings (SSSR count). The van der Waals surface area contributed by atoms with Crippen molar-refractivity contribution >= 4 is 43.8 Å². The minimum Gasteiger partial charge on any atom is -0.378 e. The molecule has 1 aromatic heterocycles. The van der Waals surface area contributed by atoms with Crippen LogP contribution in [0.4, 0.5) is 16.5 Å². The maximum atomic E-state index is 12.4. The minimum atomic E-state index is -3.70. The highest BCUT2D eigenvalue weighted by Crippen LogP contribution is 2.22. The first-order valence-corrected chi connectivity index (χ1v) is 12.1. The molecule has 0 radical (unpaired) electrons. The van der Waals surface area contributed by atoms with Gasteiger partial charge in [0.05, 0.1) is 30.2 Å². The third kappa shape index (κ3) is 5.60. The number of ether oxygens (including phenoxy) is 1. The van der Waals surface area contributed by atoms with E-state index in [1.54, 1.807) is 23.6 Å². The first-order valence-electron chi connectivity index (χ1n) is 9.74. The SMILES string of the molecule is O=C(Cc1csc(NS(=O)(=O)c2ccccc2)n1)Nc1ccc(N2CCOCC2)cc1. The van der Waals surface area contributed by atoms with Gasteiger partial charge in [-0.05, 0) is 36.4 Å². The normalized spacial score (nSPS) is 14.3. The number of amides is 1. The molecule has 31 heavy (non-hydrogen) atoms. The molecule has 2 heterocycles. The Balaban J connectivity index is 1.33. The predicted molar refractivity (Wildman–Crippen MR) is 121 cm³/mol. The van der Waals surface area contributed by atoms with E-state index >= 15 is 0 Å². The van der Waals surface area contributed by atoms with Crippen LogP contribution in [0.2, 0.25) is 0 Å². The monoisotopic (exact) mass is 458 g/mol. The van der Waals surface area contributed by atoms with Gasteiger partial charge in [0.25, 0.3) is 10.0 Å². The van der Waals surface area contributed by atoms with Gasteiger partial charge in [-0.2, -0.15) is 0 Å². The zero-order valence-corrected chi connectivity index (χ0v) is 18.3. The Labute approximate surface area is 184 Å². The summed E-state index contributed by atoms with van der Waals surface area (Å²) in [5.74, 6) is -0.220. The summed E-state index contributed by atoms with van der Waals surface area (Å²) < 4.78 is 32.6. The molecular weight excluding hydrogens is 436 g/mol. The number of carbonyl (C=O) groups is 1. The third-order valence-electron chi connectivity index (χ3n) is 4.70. The Bertz CT molecular complexity index is 1130. The molecule has 1 aliphatic heterocycles. The van der Waals surface area contributed by atoms with E-state index in [2.05, 4.69) is 19.9 Å². The second kappa shape index (κ2) is 9.46. The number of hydrogen-bond donors (Lipinski definition) is 2. The van der Waals surface area contributed by atoms with Gasteiger partial charge in [-0.25, -0.2) is 13.4 Å². The molecule has 8 nitrogen and oxygen atoms in total. The number of aromatic nitrogens is 1. The maximum absolute atomic E-state index is 12.4. The summed E-state index contributed by atoms with van der Waals surface area (Å²) in [5.41, 5.74) is 2.29. The Hall–Kier alpha value is -2.95. The van der Waals surface area contributed by atoms with Crippen LogP contribution in [-0.4, -0.2) is 45.6 Å². The lowest BCUT2D eigenvalue weighted by Crippen LogP contribution is -2.36. The number of hydrogen-bond acceptors (Lipinski definition) is 7. The number of morpholine rings is 1. The number of carbonyl (C=O) groups excluding carboxylic acids is 1. The summed E-state index contributed by atoms with van der Waals surface area (Å²) >= 11 is 1.14. The lowest BCUT2D eigenvalue weighted by Gasteiger charge is -2.28. The van der Waals surface area contributed by atoms with Gasteiger partial charge in [0.15, 0.2) is 5.13 Å². The quantitative estimate of drug-likeness (QED) is 0.565. The van der Waals surface area contributed by atoms with E-state index < -0.39 is 10.0 Å². The molecule has 1 aliphatic rings. The highest BCUT2D eigenvalue weighted by molar-refractivity contribution is 7.93. The van der Waals surface area contributed by atoms with Crippen molar-refractivity contribution < 1.29 is 17.9 Å².